The van der Waals surface area contributed by atoms with Crippen LogP contribution in [0.4, 0.5) is 5.69 Å². The number of carbonyl (C=O) groups excluding carboxylic acids is 7. The van der Waals surface area contributed by atoms with E-state index in [0.29, 0.717) is 31.5 Å². The van der Waals surface area contributed by atoms with E-state index in [1.165, 1.54) is 18.6 Å². The molecule has 0 aromatic heterocycles. The van der Waals surface area contributed by atoms with Crippen LogP contribution in [0.2, 0.25) is 0 Å². The molecule has 1 unspecified atom stereocenters. The van der Waals surface area contributed by atoms with Gasteiger partial charge in [0.25, 0.3) is 11.8 Å². The Hall–Kier alpha value is -4.59. The van der Waals surface area contributed by atoms with Crippen LogP contribution >= 0.6 is 0 Å². The SMILES string of the molecule is CC(C)C(=O)OCc1ccc(NC(=O)CNC(=O)C(NC(=O)CCCCCN2C(=O)C=CC2=O)C(C)C)cc1.CCCNC.NC=O. The van der Waals surface area contributed by atoms with Crippen molar-refractivity contribution in [1.29, 1.82) is 0 Å². The summed E-state index contributed by atoms with van der Waals surface area (Å²) in [6.07, 6.45) is 5.94. The molecule has 2 rings (SSSR count). The van der Waals surface area contributed by atoms with Crippen LogP contribution in [0.5, 0.6) is 0 Å². The Morgan fingerprint density at radius 1 is 0.936 bits per heavy atom. The summed E-state index contributed by atoms with van der Waals surface area (Å²) in [6.45, 7) is 10.6. The third-order valence-corrected chi connectivity index (χ3v) is 6.47. The van der Waals surface area contributed by atoms with Gasteiger partial charge < -0.3 is 31.7 Å². The smallest absolute Gasteiger partial charge is 0.308 e. The average Bonchev–Trinajstić information content (AvgIpc) is 3.35. The van der Waals surface area contributed by atoms with Crippen LogP contribution in [0.15, 0.2) is 36.4 Å². The van der Waals surface area contributed by atoms with Gasteiger partial charge in [0.15, 0.2) is 0 Å². The number of benzene rings is 1. The zero-order valence-electron chi connectivity index (χ0n) is 28.4. The number of anilines is 1. The molecule has 6 amide bonds. The highest BCUT2D eigenvalue weighted by atomic mass is 16.5. The number of amides is 6. The van der Waals surface area contributed by atoms with E-state index >= 15 is 0 Å². The number of unbranched alkanes of at least 4 members (excludes halogenated alkanes) is 2. The fraction of sp³-hybridized carbons (Fsp3) is 0.545. The highest BCUT2D eigenvalue weighted by molar-refractivity contribution is 6.12. The van der Waals surface area contributed by atoms with E-state index in [2.05, 4.69) is 33.9 Å². The molecule has 1 aromatic rings. The monoisotopic (exact) mass is 660 g/mol. The number of hydrogen-bond donors (Lipinski definition) is 5. The maximum absolute atomic E-state index is 12.7. The predicted octanol–water partition coefficient (Wildman–Crippen LogP) is 1.78. The molecule has 0 radical (unpaired) electrons. The molecule has 262 valence electrons. The number of nitrogens with two attached hydrogens (primary N) is 1. The van der Waals surface area contributed by atoms with E-state index in [9.17, 15) is 28.8 Å². The van der Waals surface area contributed by atoms with Crippen LogP contribution < -0.4 is 27.0 Å². The molecule has 1 aliphatic rings. The van der Waals surface area contributed by atoms with Crippen molar-refractivity contribution in [3.63, 3.8) is 0 Å². The molecule has 47 heavy (non-hydrogen) atoms. The van der Waals surface area contributed by atoms with Crippen molar-refractivity contribution in [2.24, 2.45) is 17.6 Å². The third-order valence-electron chi connectivity index (χ3n) is 6.47. The van der Waals surface area contributed by atoms with Gasteiger partial charge in [0.05, 0.1) is 12.5 Å². The van der Waals surface area contributed by atoms with Crippen LogP contribution in [0.3, 0.4) is 0 Å². The Balaban J connectivity index is 0.00000236. The molecule has 1 atom stereocenters. The zero-order valence-corrected chi connectivity index (χ0v) is 28.4. The van der Waals surface area contributed by atoms with Crippen LogP contribution in [0.25, 0.3) is 0 Å². The summed E-state index contributed by atoms with van der Waals surface area (Å²) in [7, 11) is 1.96. The summed E-state index contributed by atoms with van der Waals surface area (Å²) >= 11 is 0. The van der Waals surface area contributed by atoms with Crippen molar-refractivity contribution in [3.05, 3.63) is 42.0 Å². The van der Waals surface area contributed by atoms with Gasteiger partial charge in [0.1, 0.15) is 12.6 Å². The highest BCUT2D eigenvalue weighted by Gasteiger charge is 2.25. The summed E-state index contributed by atoms with van der Waals surface area (Å²) < 4.78 is 5.17. The Kier molecular flexibility index (Phi) is 22.2. The summed E-state index contributed by atoms with van der Waals surface area (Å²) in [4.78, 5) is 81.8. The molecule has 0 saturated carbocycles. The fourth-order valence-electron chi connectivity index (χ4n) is 3.90. The zero-order chi connectivity index (χ0) is 35.8. The predicted molar refractivity (Wildman–Crippen MR) is 178 cm³/mol. The molecule has 0 saturated heterocycles. The van der Waals surface area contributed by atoms with Gasteiger partial charge in [-0.2, -0.15) is 0 Å². The molecule has 0 aliphatic carbocycles. The molecule has 0 bridgehead atoms. The summed E-state index contributed by atoms with van der Waals surface area (Å²) in [5.74, 6) is -2.53. The van der Waals surface area contributed by atoms with Gasteiger partial charge in [-0.1, -0.05) is 53.2 Å². The average molecular weight is 661 g/mol. The van der Waals surface area contributed by atoms with Crippen molar-refractivity contribution >= 4 is 47.6 Å². The standard InChI is InChI=1S/C28H38N4O7.C4H11N.CH3NO/c1-18(2)26(31-22(33)8-6-5-7-15-32-24(35)13-14-25(32)36)27(37)29-16-23(34)30-21-11-9-20(10-12-21)17-39-28(38)19(3)4;1-3-4-5-2;2-1-3/h9-14,18-19,26H,5-8,15-17H2,1-4H3,(H,29,37)(H,30,34)(H,31,33);5H,3-4H2,1-2H3;1H,(H2,2,3). The first-order valence-corrected chi connectivity index (χ1v) is 15.8. The van der Waals surface area contributed by atoms with Crippen LogP contribution in [-0.2, 0) is 44.9 Å². The molecule has 1 aliphatic heterocycles. The summed E-state index contributed by atoms with van der Waals surface area (Å²) in [6, 6.07) is 6.01. The number of carbonyl (C=O) groups is 7. The van der Waals surface area contributed by atoms with Gasteiger partial charge in [-0.3, -0.25) is 38.5 Å². The van der Waals surface area contributed by atoms with E-state index < -0.39 is 17.9 Å². The van der Waals surface area contributed by atoms with Gasteiger partial charge in [0, 0.05) is 30.8 Å². The van der Waals surface area contributed by atoms with Gasteiger partial charge >= 0.3 is 5.97 Å². The number of rotatable bonds is 17. The van der Waals surface area contributed by atoms with Crippen molar-refractivity contribution in [1.82, 2.24) is 20.9 Å². The second-order valence-corrected chi connectivity index (χ2v) is 11.2. The van der Waals surface area contributed by atoms with Crippen LogP contribution in [0, 0.1) is 11.8 Å². The minimum atomic E-state index is -0.802. The molecule has 6 N–H and O–H groups in total. The van der Waals surface area contributed by atoms with Gasteiger partial charge in [-0.05, 0) is 56.5 Å². The van der Waals surface area contributed by atoms with Crippen molar-refractivity contribution in [2.75, 3.05) is 32.0 Å². The maximum Gasteiger partial charge on any atom is 0.308 e. The Bertz CT molecular complexity index is 1160. The number of imide groups is 1. The molecule has 14 nitrogen and oxygen atoms in total. The molecular weight excluding hydrogens is 608 g/mol. The largest absolute Gasteiger partial charge is 0.461 e. The first-order valence-electron chi connectivity index (χ1n) is 15.8. The third kappa shape index (κ3) is 18.9. The minimum Gasteiger partial charge on any atom is -0.461 e. The number of nitrogens with zero attached hydrogens (tertiary/aromatic N) is 1. The van der Waals surface area contributed by atoms with Crippen molar-refractivity contribution in [3.8, 4) is 0 Å². The Labute approximate surface area is 277 Å². The molecule has 1 heterocycles. The lowest BCUT2D eigenvalue weighted by atomic mass is 10.0. The number of ether oxygens (including phenoxy) is 1. The number of hydrogen-bond acceptors (Lipinski definition) is 9. The normalized spacial score (nSPS) is 12.4. The van der Waals surface area contributed by atoms with E-state index in [1.54, 1.807) is 52.0 Å². The Morgan fingerprint density at radius 3 is 2.02 bits per heavy atom. The second-order valence-electron chi connectivity index (χ2n) is 11.2. The maximum atomic E-state index is 12.7. The quantitative estimate of drug-likeness (QED) is 0.0714. The van der Waals surface area contributed by atoms with Gasteiger partial charge in [0.2, 0.25) is 24.1 Å². The van der Waals surface area contributed by atoms with E-state index in [0.717, 1.165) is 17.0 Å². The molecule has 14 heteroatoms. The van der Waals surface area contributed by atoms with Crippen molar-refractivity contribution < 1.29 is 38.3 Å². The topological polar surface area (TPSA) is 206 Å². The first-order chi connectivity index (χ1) is 22.3. The van der Waals surface area contributed by atoms with Crippen LogP contribution in [-0.4, -0.2) is 79.5 Å². The van der Waals surface area contributed by atoms with Gasteiger partial charge in [-0.15, -0.1) is 0 Å². The van der Waals surface area contributed by atoms with E-state index in [1.807, 2.05) is 7.05 Å². The molecular formula is C33H52N6O8. The molecule has 1 aromatic carbocycles. The minimum absolute atomic E-state index is 0.141. The number of primary amides is 1. The Morgan fingerprint density at radius 2 is 1.53 bits per heavy atom. The lowest BCUT2D eigenvalue weighted by Crippen LogP contribution is -2.51. The number of esters is 1. The second kappa shape index (κ2) is 24.6. The van der Waals surface area contributed by atoms with Crippen LogP contribution in [0.1, 0.15) is 72.3 Å². The van der Waals surface area contributed by atoms with E-state index in [-0.39, 0.29) is 61.5 Å². The summed E-state index contributed by atoms with van der Waals surface area (Å²) in [5.41, 5.74) is 5.47. The van der Waals surface area contributed by atoms with Gasteiger partial charge in [-0.25, -0.2) is 0 Å². The first kappa shape index (κ1) is 42.4. The molecule has 0 spiro atoms. The summed E-state index contributed by atoms with van der Waals surface area (Å²) in [5, 5.41) is 11.0. The lowest BCUT2D eigenvalue weighted by Gasteiger charge is -2.21. The molecule has 0 fully saturated rings. The van der Waals surface area contributed by atoms with Crippen molar-refractivity contribution in [2.45, 2.75) is 79.4 Å². The number of nitrogens with one attached hydrogen (secondary N) is 4. The van der Waals surface area contributed by atoms with E-state index in [4.69, 9.17) is 9.53 Å². The highest BCUT2D eigenvalue weighted by Crippen LogP contribution is 2.12. The fourth-order valence-corrected chi connectivity index (χ4v) is 3.90. The lowest BCUT2D eigenvalue weighted by molar-refractivity contribution is -0.148.